The van der Waals surface area contributed by atoms with Gasteiger partial charge in [-0.05, 0) is 27.4 Å². The fraction of sp³-hybridized carbons (Fsp3) is 1.00. The van der Waals surface area contributed by atoms with Crippen LogP contribution in [0.25, 0.3) is 0 Å². The van der Waals surface area contributed by atoms with Crippen molar-refractivity contribution >= 4 is 0 Å². The topological polar surface area (TPSA) is 3.24 Å². The van der Waals surface area contributed by atoms with Crippen LogP contribution in [0.3, 0.4) is 0 Å². The first-order chi connectivity index (χ1) is 4.83. The highest BCUT2D eigenvalue weighted by Crippen LogP contribution is 2.22. The summed E-state index contributed by atoms with van der Waals surface area (Å²) < 4.78 is 35.0. The quantitative estimate of drug-likeness (QED) is 0.626. The molecule has 0 N–H and O–H groups in total. The van der Waals surface area contributed by atoms with Crippen molar-refractivity contribution in [2.45, 2.75) is 32.0 Å². The second-order valence-corrected chi connectivity index (χ2v) is 2.97. The van der Waals surface area contributed by atoms with Gasteiger partial charge in [-0.15, -0.1) is 0 Å². The first-order valence-corrected chi connectivity index (χ1v) is 3.56. The van der Waals surface area contributed by atoms with E-state index < -0.39 is 12.6 Å². The summed E-state index contributed by atoms with van der Waals surface area (Å²) in [6.07, 6.45) is -4.52. The zero-order valence-electron chi connectivity index (χ0n) is 7.07. The van der Waals surface area contributed by atoms with Gasteiger partial charge in [-0.25, -0.2) is 0 Å². The fourth-order valence-corrected chi connectivity index (χ4v) is 0.631. The third kappa shape index (κ3) is 6.16. The number of nitrogens with zero attached hydrogens (tertiary/aromatic N) is 1. The lowest BCUT2D eigenvalue weighted by atomic mass is 10.1. The van der Waals surface area contributed by atoms with Gasteiger partial charge in [-0.2, -0.15) is 13.2 Å². The second-order valence-electron chi connectivity index (χ2n) is 2.97. The van der Waals surface area contributed by atoms with Crippen molar-refractivity contribution in [1.82, 2.24) is 4.90 Å². The fourth-order valence-electron chi connectivity index (χ4n) is 0.631. The zero-order chi connectivity index (χ0) is 9.07. The van der Waals surface area contributed by atoms with E-state index >= 15 is 0 Å². The lowest BCUT2D eigenvalue weighted by Gasteiger charge is -2.19. The molecule has 0 bridgehead atoms. The maximum atomic E-state index is 11.7. The predicted octanol–water partition coefficient (Wildman–Crippen LogP) is 2.28. The summed E-state index contributed by atoms with van der Waals surface area (Å²) in [7, 11) is 3.56. The Labute approximate surface area is 65.2 Å². The third-order valence-corrected chi connectivity index (χ3v) is 1.73. The van der Waals surface area contributed by atoms with Crippen molar-refractivity contribution in [3.8, 4) is 0 Å². The number of hydrogen-bond acceptors (Lipinski definition) is 1. The highest BCUT2D eigenvalue weighted by Gasteiger charge is 2.27. The molecule has 0 aromatic heterocycles. The zero-order valence-corrected chi connectivity index (χ0v) is 7.07. The van der Waals surface area contributed by atoms with E-state index in [9.17, 15) is 13.2 Å². The molecule has 1 nitrogen and oxygen atoms in total. The van der Waals surface area contributed by atoms with Gasteiger partial charge in [-0.1, -0.05) is 0 Å². The van der Waals surface area contributed by atoms with E-state index in [-0.39, 0.29) is 12.5 Å². The van der Waals surface area contributed by atoms with Crippen molar-refractivity contribution in [3.63, 3.8) is 0 Å². The highest BCUT2D eigenvalue weighted by molar-refractivity contribution is 4.62. The number of hydrogen-bond donors (Lipinski definition) is 0. The van der Waals surface area contributed by atoms with E-state index in [1.54, 1.807) is 25.9 Å². The van der Waals surface area contributed by atoms with Gasteiger partial charge in [0.25, 0.3) is 0 Å². The molecule has 0 radical (unpaired) electrons. The minimum absolute atomic E-state index is 0.00313. The van der Waals surface area contributed by atoms with Gasteiger partial charge in [0.2, 0.25) is 0 Å². The predicted molar refractivity (Wildman–Crippen MR) is 38.4 cm³/mol. The van der Waals surface area contributed by atoms with Gasteiger partial charge in [0, 0.05) is 12.5 Å². The third-order valence-electron chi connectivity index (χ3n) is 1.73. The Morgan fingerprint density at radius 2 is 1.73 bits per heavy atom. The summed E-state index contributed by atoms with van der Waals surface area (Å²) in [6.45, 7) is 1.78. The van der Waals surface area contributed by atoms with Gasteiger partial charge in [0.15, 0.2) is 0 Å². The first kappa shape index (κ1) is 10.8. The van der Waals surface area contributed by atoms with Crippen molar-refractivity contribution in [1.29, 1.82) is 0 Å². The summed E-state index contributed by atoms with van der Waals surface area (Å²) in [4.78, 5) is 1.78. The van der Waals surface area contributed by atoms with Crippen LogP contribution in [-0.4, -0.2) is 31.2 Å². The minimum Gasteiger partial charge on any atom is -0.307 e. The summed E-state index contributed by atoms with van der Waals surface area (Å²) in [5, 5.41) is 0. The summed E-state index contributed by atoms with van der Waals surface area (Å²) >= 11 is 0. The molecule has 0 saturated carbocycles. The molecule has 0 aliphatic heterocycles. The van der Waals surface area contributed by atoms with Gasteiger partial charge < -0.3 is 4.90 Å². The molecule has 0 aliphatic carbocycles. The average Bonchev–Trinajstić information content (AvgIpc) is 1.80. The van der Waals surface area contributed by atoms with Crippen molar-refractivity contribution in [3.05, 3.63) is 0 Å². The molecule has 0 aliphatic rings. The molecule has 68 valence electrons. The van der Waals surface area contributed by atoms with Gasteiger partial charge in [0.1, 0.15) is 0 Å². The maximum Gasteiger partial charge on any atom is 0.389 e. The Kier molecular flexibility index (Phi) is 3.86. The molecule has 0 fully saturated rings. The van der Waals surface area contributed by atoms with Gasteiger partial charge >= 0.3 is 6.18 Å². The van der Waals surface area contributed by atoms with Crippen molar-refractivity contribution < 1.29 is 13.2 Å². The number of halogens is 3. The molecular formula is C7H14F3N. The lowest BCUT2D eigenvalue weighted by Crippen LogP contribution is -2.26. The van der Waals surface area contributed by atoms with Crippen LogP contribution < -0.4 is 0 Å². The number of rotatable bonds is 3. The molecule has 11 heavy (non-hydrogen) atoms. The van der Waals surface area contributed by atoms with Crippen LogP contribution in [0, 0.1) is 0 Å². The van der Waals surface area contributed by atoms with Crippen LogP contribution in [-0.2, 0) is 0 Å². The van der Waals surface area contributed by atoms with Crippen molar-refractivity contribution in [2.75, 3.05) is 14.1 Å². The van der Waals surface area contributed by atoms with Crippen LogP contribution in [0.2, 0.25) is 0 Å². The van der Waals surface area contributed by atoms with E-state index in [4.69, 9.17) is 0 Å². The standard InChI is InChI=1S/C7H14F3N/c1-6(11(2)3)4-5-7(8,9)10/h6H,4-5H2,1-3H3. The SMILES string of the molecule is CC(CCC(F)(F)F)N(C)C. The highest BCUT2D eigenvalue weighted by atomic mass is 19.4. The van der Waals surface area contributed by atoms with Crippen LogP contribution in [0.4, 0.5) is 13.2 Å². The monoisotopic (exact) mass is 169 g/mol. The van der Waals surface area contributed by atoms with Crippen LogP contribution in [0.5, 0.6) is 0 Å². The first-order valence-electron chi connectivity index (χ1n) is 3.56. The Morgan fingerprint density at radius 3 is 2.00 bits per heavy atom. The summed E-state index contributed by atoms with van der Waals surface area (Å²) in [5.74, 6) is 0. The Bertz CT molecular complexity index is 109. The minimum atomic E-state index is -4.01. The van der Waals surface area contributed by atoms with Gasteiger partial charge in [-0.3, -0.25) is 0 Å². The molecule has 1 unspecified atom stereocenters. The van der Waals surface area contributed by atoms with Crippen LogP contribution in [0.15, 0.2) is 0 Å². The molecule has 0 aromatic carbocycles. The molecule has 0 saturated heterocycles. The molecule has 1 atom stereocenters. The molecule has 0 heterocycles. The van der Waals surface area contributed by atoms with E-state index in [2.05, 4.69) is 0 Å². The Hall–Kier alpha value is -0.250. The normalized spacial score (nSPS) is 15.5. The van der Waals surface area contributed by atoms with E-state index in [0.29, 0.717) is 0 Å². The van der Waals surface area contributed by atoms with Gasteiger partial charge in [0.05, 0.1) is 0 Å². The summed E-state index contributed by atoms with van der Waals surface area (Å²) in [6, 6.07) is -0.00313. The smallest absolute Gasteiger partial charge is 0.307 e. The van der Waals surface area contributed by atoms with Crippen LogP contribution in [0.1, 0.15) is 19.8 Å². The Morgan fingerprint density at radius 1 is 1.27 bits per heavy atom. The van der Waals surface area contributed by atoms with E-state index in [1.165, 1.54) is 0 Å². The molecule has 0 rings (SSSR count). The van der Waals surface area contributed by atoms with E-state index in [1.807, 2.05) is 0 Å². The second kappa shape index (κ2) is 3.95. The molecule has 0 amide bonds. The lowest BCUT2D eigenvalue weighted by molar-refractivity contribution is -0.137. The van der Waals surface area contributed by atoms with Crippen LogP contribution >= 0.6 is 0 Å². The maximum absolute atomic E-state index is 11.7. The molecule has 0 spiro atoms. The average molecular weight is 169 g/mol. The number of alkyl halides is 3. The largest absolute Gasteiger partial charge is 0.389 e. The molecular weight excluding hydrogens is 155 g/mol. The summed E-state index contributed by atoms with van der Waals surface area (Å²) in [5.41, 5.74) is 0. The van der Waals surface area contributed by atoms with Crippen molar-refractivity contribution in [2.24, 2.45) is 0 Å². The van der Waals surface area contributed by atoms with E-state index in [0.717, 1.165) is 0 Å². The Balaban J connectivity index is 3.54. The molecule has 4 heteroatoms. The molecule has 0 aromatic rings.